The number of rotatable bonds is 1. The molecule has 0 saturated carbocycles. The van der Waals surface area contributed by atoms with Gasteiger partial charge in [-0.25, -0.2) is 9.78 Å². The number of nitrogen functional groups attached to an aromatic ring is 1. The standard InChI is InChI=1S/C13H18IN5O2/c1-13(2,3)11-17-7-8(19(11)5)6(14)9(15)18-10(7)21-12(20)16-4/h1-5H3,(H2,15,18)(H,16,20). The Bertz CT molecular complexity index is 718. The summed E-state index contributed by atoms with van der Waals surface area (Å²) in [5, 5.41) is 2.39. The Morgan fingerprint density at radius 1 is 1.38 bits per heavy atom. The van der Waals surface area contributed by atoms with Crippen LogP contribution in [0.3, 0.4) is 0 Å². The Hall–Kier alpha value is -1.58. The van der Waals surface area contributed by atoms with E-state index in [1.165, 1.54) is 7.05 Å². The number of nitrogens with zero attached hydrogens (tertiary/aromatic N) is 3. The largest absolute Gasteiger partial charge is 0.413 e. The maximum Gasteiger partial charge on any atom is 0.413 e. The molecule has 2 heterocycles. The van der Waals surface area contributed by atoms with Crippen molar-refractivity contribution in [3.05, 3.63) is 9.39 Å². The van der Waals surface area contributed by atoms with Gasteiger partial charge in [0, 0.05) is 19.5 Å². The van der Waals surface area contributed by atoms with Crippen molar-refractivity contribution >= 4 is 45.5 Å². The number of ether oxygens (including phenoxy) is 1. The van der Waals surface area contributed by atoms with Gasteiger partial charge in [-0.3, -0.25) is 0 Å². The Morgan fingerprint density at radius 3 is 2.52 bits per heavy atom. The first kappa shape index (κ1) is 15.8. The first-order valence-corrected chi connectivity index (χ1v) is 7.46. The van der Waals surface area contributed by atoms with Crippen molar-refractivity contribution in [2.24, 2.45) is 7.05 Å². The van der Waals surface area contributed by atoms with Gasteiger partial charge in [0.1, 0.15) is 11.6 Å². The van der Waals surface area contributed by atoms with E-state index in [1.807, 2.05) is 11.6 Å². The summed E-state index contributed by atoms with van der Waals surface area (Å²) in [6.45, 7) is 6.20. The fourth-order valence-electron chi connectivity index (χ4n) is 2.11. The molecular weight excluding hydrogens is 385 g/mol. The molecule has 2 aromatic heterocycles. The van der Waals surface area contributed by atoms with Gasteiger partial charge in [0.2, 0.25) is 0 Å². The zero-order chi connectivity index (χ0) is 15.9. The van der Waals surface area contributed by atoms with E-state index in [-0.39, 0.29) is 11.3 Å². The summed E-state index contributed by atoms with van der Waals surface area (Å²) in [5.74, 6) is 1.29. The Balaban J connectivity index is 2.77. The maximum atomic E-state index is 11.5. The molecule has 1 amide bonds. The fraction of sp³-hybridized carbons (Fsp3) is 0.462. The number of aromatic nitrogens is 3. The summed E-state index contributed by atoms with van der Waals surface area (Å²) in [5.41, 5.74) is 7.11. The number of nitrogens with two attached hydrogens (primary N) is 1. The van der Waals surface area contributed by atoms with E-state index in [0.717, 1.165) is 14.9 Å². The van der Waals surface area contributed by atoms with Crippen LogP contribution >= 0.6 is 22.6 Å². The molecule has 0 aliphatic heterocycles. The minimum atomic E-state index is -0.604. The lowest BCUT2D eigenvalue weighted by Crippen LogP contribution is -2.23. The molecule has 0 bridgehead atoms. The van der Waals surface area contributed by atoms with Gasteiger partial charge in [0.15, 0.2) is 5.52 Å². The van der Waals surface area contributed by atoms with Gasteiger partial charge in [-0.05, 0) is 22.6 Å². The van der Waals surface area contributed by atoms with Crippen molar-refractivity contribution in [1.29, 1.82) is 0 Å². The van der Waals surface area contributed by atoms with Crippen LogP contribution in [0.5, 0.6) is 5.88 Å². The van der Waals surface area contributed by atoms with Crippen molar-refractivity contribution in [2.45, 2.75) is 26.2 Å². The number of pyridine rings is 1. The molecule has 3 N–H and O–H groups in total. The van der Waals surface area contributed by atoms with Crippen molar-refractivity contribution in [3.8, 4) is 5.88 Å². The average Bonchev–Trinajstić information content (AvgIpc) is 2.73. The van der Waals surface area contributed by atoms with Crippen LogP contribution in [0.1, 0.15) is 26.6 Å². The van der Waals surface area contributed by atoms with E-state index in [9.17, 15) is 4.79 Å². The lowest BCUT2D eigenvalue weighted by molar-refractivity contribution is 0.201. The van der Waals surface area contributed by atoms with Crippen LogP contribution in [0.15, 0.2) is 0 Å². The molecule has 0 saturated heterocycles. The van der Waals surface area contributed by atoms with Crippen molar-refractivity contribution < 1.29 is 9.53 Å². The highest BCUT2D eigenvalue weighted by Crippen LogP contribution is 2.34. The molecule has 7 nitrogen and oxygen atoms in total. The quantitative estimate of drug-likeness (QED) is 0.712. The highest BCUT2D eigenvalue weighted by molar-refractivity contribution is 14.1. The van der Waals surface area contributed by atoms with Crippen molar-refractivity contribution in [1.82, 2.24) is 19.9 Å². The number of anilines is 1. The summed E-state index contributed by atoms with van der Waals surface area (Å²) < 4.78 is 7.93. The minimum Gasteiger partial charge on any atom is -0.389 e. The minimum absolute atomic E-state index is 0.119. The predicted molar refractivity (Wildman–Crippen MR) is 89.4 cm³/mol. The third kappa shape index (κ3) is 2.76. The molecule has 0 aromatic carbocycles. The fourth-order valence-corrected chi connectivity index (χ4v) is 2.85. The summed E-state index contributed by atoms with van der Waals surface area (Å²) in [7, 11) is 3.40. The van der Waals surface area contributed by atoms with E-state index in [4.69, 9.17) is 10.5 Å². The van der Waals surface area contributed by atoms with Crippen LogP contribution in [-0.2, 0) is 12.5 Å². The average molecular weight is 403 g/mol. The molecule has 114 valence electrons. The molecule has 0 fully saturated rings. The lowest BCUT2D eigenvalue weighted by atomic mass is 9.96. The van der Waals surface area contributed by atoms with Crippen LogP contribution in [0.4, 0.5) is 10.6 Å². The van der Waals surface area contributed by atoms with E-state index >= 15 is 0 Å². The number of aryl methyl sites for hydroxylation is 1. The molecule has 0 spiro atoms. The molecule has 2 aromatic rings. The zero-order valence-electron chi connectivity index (χ0n) is 12.6. The molecule has 0 aliphatic carbocycles. The summed E-state index contributed by atoms with van der Waals surface area (Å²) in [4.78, 5) is 20.2. The Labute approximate surface area is 136 Å². The van der Waals surface area contributed by atoms with Gasteiger partial charge < -0.3 is 20.4 Å². The number of fused-ring (bicyclic) bond motifs is 1. The normalized spacial score (nSPS) is 11.7. The van der Waals surface area contributed by atoms with Crippen molar-refractivity contribution in [2.75, 3.05) is 12.8 Å². The monoisotopic (exact) mass is 403 g/mol. The van der Waals surface area contributed by atoms with Crippen LogP contribution in [0, 0.1) is 3.57 Å². The summed E-state index contributed by atoms with van der Waals surface area (Å²) in [6.07, 6.45) is -0.604. The van der Waals surface area contributed by atoms with Gasteiger partial charge in [-0.15, -0.1) is 0 Å². The lowest BCUT2D eigenvalue weighted by Gasteiger charge is -2.17. The maximum absolute atomic E-state index is 11.5. The number of imidazole rings is 1. The highest BCUT2D eigenvalue weighted by atomic mass is 127. The number of amides is 1. The molecule has 0 aliphatic rings. The van der Waals surface area contributed by atoms with Crippen molar-refractivity contribution in [3.63, 3.8) is 0 Å². The van der Waals surface area contributed by atoms with Crippen LogP contribution < -0.4 is 15.8 Å². The van der Waals surface area contributed by atoms with Gasteiger partial charge in [-0.1, -0.05) is 20.8 Å². The molecule has 8 heteroatoms. The number of hydrogen-bond donors (Lipinski definition) is 2. The molecule has 0 radical (unpaired) electrons. The van der Waals surface area contributed by atoms with Gasteiger partial charge in [0.05, 0.1) is 9.09 Å². The second kappa shape index (κ2) is 5.32. The van der Waals surface area contributed by atoms with E-state index < -0.39 is 6.09 Å². The summed E-state index contributed by atoms with van der Waals surface area (Å²) in [6, 6.07) is 0. The SMILES string of the molecule is CNC(=O)Oc1nc(N)c(I)c2c1nc(C(C)(C)C)n2C. The third-order valence-electron chi connectivity index (χ3n) is 3.02. The van der Waals surface area contributed by atoms with Crippen LogP contribution in [0.25, 0.3) is 11.0 Å². The molecular formula is C13H18IN5O2. The number of hydrogen-bond acceptors (Lipinski definition) is 5. The predicted octanol–water partition coefficient (Wildman–Crippen LogP) is 2.17. The first-order chi connectivity index (χ1) is 9.66. The Kier molecular flexibility index (Phi) is 4.00. The number of halogens is 1. The van der Waals surface area contributed by atoms with E-state index in [2.05, 4.69) is 58.6 Å². The van der Waals surface area contributed by atoms with Crippen LogP contribution in [-0.4, -0.2) is 27.7 Å². The van der Waals surface area contributed by atoms with Gasteiger partial charge >= 0.3 is 6.09 Å². The van der Waals surface area contributed by atoms with Gasteiger partial charge in [0.25, 0.3) is 5.88 Å². The number of nitrogens with one attached hydrogen (secondary N) is 1. The van der Waals surface area contributed by atoms with E-state index in [1.54, 1.807) is 0 Å². The molecule has 0 unspecified atom stereocenters. The smallest absolute Gasteiger partial charge is 0.389 e. The van der Waals surface area contributed by atoms with Gasteiger partial charge in [-0.2, -0.15) is 4.98 Å². The zero-order valence-corrected chi connectivity index (χ0v) is 14.8. The topological polar surface area (TPSA) is 95.1 Å². The second-order valence-corrected chi connectivity index (χ2v) is 6.78. The van der Waals surface area contributed by atoms with E-state index in [0.29, 0.717) is 11.3 Å². The second-order valence-electron chi connectivity index (χ2n) is 5.70. The van der Waals surface area contributed by atoms with Crippen LogP contribution in [0.2, 0.25) is 0 Å². The Morgan fingerprint density at radius 2 is 2.00 bits per heavy atom. The number of carbonyl (C=O) groups is 1. The summed E-state index contributed by atoms with van der Waals surface area (Å²) >= 11 is 2.13. The molecule has 0 atom stereocenters. The molecule has 21 heavy (non-hydrogen) atoms. The molecule has 2 rings (SSSR count). The highest BCUT2D eigenvalue weighted by Gasteiger charge is 2.26. The number of carbonyl (C=O) groups excluding carboxylic acids is 1. The first-order valence-electron chi connectivity index (χ1n) is 6.38. The third-order valence-corrected chi connectivity index (χ3v) is 4.08.